The molecule has 0 bridgehead atoms. The first-order valence-electron chi connectivity index (χ1n) is 9.89. The van der Waals surface area contributed by atoms with Gasteiger partial charge >= 0.3 is 18.9 Å². The van der Waals surface area contributed by atoms with E-state index in [2.05, 4.69) is 41.5 Å². The van der Waals surface area contributed by atoms with E-state index in [-0.39, 0.29) is 18.9 Å². The standard InChI is InChI=1S/C22H25N4S.Li/c1-2-3-4-5-6-7-15-20(22-23-18-13-9-11-16-21(18)27-22)26-19-14-10-8-12-17(19)24-25-26;/h8-14,16H,2-7,15H2,1H3;/q-1;+1. The van der Waals surface area contributed by atoms with Crippen LogP contribution in [-0.2, 0) is 0 Å². The van der Waals surface area contributed by atoms with Gasteiger partial charge in [0.15, 0.2) is 0 Å². The zero-order valence-electron chi connectivity index (χ0n) is 16.8. The number of para-hydroxylation sites is 2. The van der Waals surface area contributed by atoms with Gasteiger partial charge in [-0.15, -0.1) is 17.4 Å². The minimum atomic E-state index is 0. The van der Waals surface area contributed by atoms with Crippen molar-refractivity contribution in [3.05, 3.63) is 59.6 Å². The van der Waals surface area contributed by atoms with Crippen molar-refractivity contribution in [2.75, 3.05) is 0 Å². The Morgan fingerprint density at radius 2 is 1.61 bits per heavy atom. The van der Waals surface area contributed by atoms with E-state index >= 15 is 0 Å². The molecule has 140 valence electrons. The van der Waals surface area contributed by atoms with E-state index < -0.39 is 0 Å². The van der Waals surface area contributed by atoms with Crippen LogP contribution in [0.2, 0.25) is 0 Å². The topological polar surface area (TPSA) is 43.6 Å². The van der Waals surface area contributed by atoms with E-state index in [9.17, 15) is 0 Å². The van der Waals surface area contributed by atoms with Gasteiger partial charge < -0.3 is 4.68 Å². The Hall–Kier alpha value is -1.80. The Morgan fingerprint density at radius 1 is 0.893 bits per heavy atom. The maximum atomic E-state index is 4.90. The number of aromatic nitrogens is 4. The van der Waals surface area contributed by atoms with Gasteiger partial charge in [0.1, 0.15) is 0 Å². The average molecular weight is 384 g/mol. The van der Waals surface area contributed by atoms with Crippen LogP contribution in [0.15, 0.2) is 48.5 Å². The Labute approximate surface area is 182 Å². The maximum absolute atomic E-state index is 4.90. The Kier molecular flexibility index (Phi) is 7.55. The molecule has 0 fully saturated rings. The molecule has 2 aromatic heterocycles. The summed E-state index contributed by atoms with van der Waals surface area (Å²) in [4.78, 5) is 4.90. The maximum Gasteiger partial charge on any atom is 1.00 e. The van der Waals surface area contributed by atoms with Crippen LogP contribution in [0.1, 0.15) is 56.9 Å². The summed E-state index contributed by atoms with van der Waals surface area (Å²) < 4.78 is 3.22. The quantitative estimate of drug-likeness (QED) is 0.253. The van der Waals surface area contributed by atoms with Crippen molar-refractivity contribution >= 4 is 32.6 Å². The first-order valence-corrected chi connectivity index (χ1v) is 10.7. The van der Waals surface area contributed by atoms with Crippen molar-refractivity contribution in [2.45, 2.75) is 51.9 Å². The molecule has 0 spiro atoms. The molecule has 0 aliphatic heterocycles. The molecule has 0 aliphatic rings. The fourth-order valence-corrected chi connectivity index (χ4v) is 4.46. The van der Waals surface area contributed by atoms with Crippen LogP contribution in [0.3, 0.4) is 0 Å². The van der Waals surface area contributed by atoms with Crippen LogP contribution in [0, 0.1) is 6.04 Å². The predicted molar refractivity (Wildman–Crippen MR) is 113 cm³/mol. The largest absolute Gasteiger partial charge is 1.00 e. The van der Waals surface area contributed by atoms with E-state index in [0.717, 1.165) is 34.4 Å². The molecule has 2 aromatic carbocycles. The van der Waals surface area contributed by atoms with Gasteiger partial charge in [0.05, 0.1) is 15.2 Å². The molecule has 6 heteroatoms. The molecule has 0 aliphatic carbocycles. The zero-order chi connectivity index (χ0) is 18.5. The summed E-state index contributed by atoms with van der Waals surface area (Å²) >= 11 is 1.75. The molecule has 4 aromatic rings. The van der Waals surface area contributed by atoms with Crippen LogP contribution in [-0.4, -0.2) is 20.0 Å². The fourth-order valence-electron chi connectivity index (χ4n) is 3.44. The minimum absolute atomic E-state index is 0. The summed E-state index contributed by atoms with van der Waals surface area (Å²) in [6, 6.07) is 17.7. The average Bonchev–Trinajstić information content (AvgIpc) is 3.32. The molecule has 0 unspecified atom stereocenters. The van der Waals surface area contributed by atoms with Crippen LogP contribution >= 0.6 is 11.3 Å². The molecule has 0 radical (unpaired) electrons. The number of hydrogen-bond donors (Lipinski definition) is 0. The molecule has 0 saturated heterocycles. The Bertz CT molecular complexity index is 977. The summed E-state index contributed by atoms with van der Waals surface area (Å²) in [5.74, 6) is 0. The number of thiazole rings is 1. The van der Waals surface area contributed by atoms with Crippen molar-refractivity contribution in [1.29, 1.82) is 0 Å². The van der Waals surface area contributed by atoms with Crippen molar-refractivity contribution < 1.29 is 18.9 Å². The number of hydrogen-bond acceptors (Lipinski definition) is 4. The zero-order valence-corrected chi connectivity index (χ0v) is 17.6. The normalized spacial score (nSPS) is 11.0. The van der Waals surface area contributed by atoms with Crippen LogP contribution in [0.25, 0.3) is 21.3 Å². The molecule has 4 rings (SSSR count). The van der Waals surface area contributed by atoms with E-state index in [0.29, 0.717) is 0 Å². The number of nitrogens with zero attached hydrogens (tertiary/aromatic N) is 4. The van der Waals surface area contributed by atoms with Gasteiger partial charge in [-0.05, 0) is 12.1 Å². The third kappa shape index (κ3) is 4.60. The molecule has 4 nitrogen and oxygen atoms in total. The molecule has 0 atom stereocenters. The smallest absolute Gasteiger partial charge is 0.368 e. The summed E-state index contributed by atoms with van der Waals surface area (Å²) in [5.41, 5.74) is 3.04. The summed E-state index contributed by atoms with van der Waals surface area (Å²) in [7, 11) is 0. The molecule has 0 saturated carbocycles. The third-order valence-corrected chi connectivity index (χ3v) is 6.00. The SMILES string of the molecule is CCCCCCCC[C-](c1nc2ccccc2s1)n1nnc2ccccc21.[Li+]. The summed E-state index contributed by atoms with van der Waals surface area (Å²) in [6.07, 6.45) is 8.64. The van der Waals surface area contributed by atoms with Gasteiger partial charge in [-0.25, -0.2) is 0 Å². The fraction of sp³-hybridized carbons (Fsp3) is 0.364. The predicted octanol–water partition coefficient (Wildman–Crippen LogP) is 3.22. The van der Waals surface area contributed by atoms with Gasteiger partial charge in [-0.2, -0.15) is 5.10 Å². The summed E-state index contributed by atoms with van der Waals surface area (Å²) in [6.45, 7) is 2.26. The van der Waals surface area contributed by atoms with Crippen molar-refractivity contribution in [2.24, 2.45) is 0 Å². The molecule has 0 N–H and O–H groups in total. The second kappa shape index (κ2) is 10.1. The molecular weight excluding hydrogens is 359 g/mol. The van der Waals surface area contributed by atoms with Crippen LogP contribution < -0.4 is 18.9 Å². The number of rotatable bonds is 9. The first kappa shape index (κ1) is 20.9. The molecular formula is C22H25LiN4S. The van der Waals surface area contributed by atoms with Crippen molar-refractivity contribution in [1.82, 2.24) is 20.0 Å². The van der Waals surface area contributed by atoms with E-state index in [1.54, 1.807) is 11.3 Å². The number of benzene rings is 2. The van der Waals surface area contributed by atoms with Crippen LogP contribution in [0.4, 0.5) is 0 Å². The summed E-state index contributed by atoms with van der Waals surface area (Å²) in [5, 5.41) is 9.88. The van der Waals surface area contributed by atoms with Gasteiger partial charge in [-0.3, -0.25) is 4.98 Å². The minimum Gasteiger partial charge on any atom is -0.368 e. The first-order chi connectivity index (χ1) is 13.4. The van der Waals surface area contributed by atoms with Gasteiger partial charge in [0.25, 0.3) is 0 Å². The second-order valence-electron chi connectivity index (χ2n) is 6.94. The second-order valence-corrected chi connectivity index (χ2v) is 7.97. The third-order valence-electron chi connectivity index (χ3n) is 4.92. The van der Waals surface area contributed by atoms with Gasteiger partial charge in [0, 0.05) is 5.52 Å². The number of fused-ring (bicyclic) bond motifs is 2. The van der Waals surface area contributed by atoms with Crippen molar-refractivity contribution in [3.63, 3.8) is 0 Å². The molecule has 0 amide bonds. The number of unbranched alkanes of at least 4 members (excludes halogenated alkanes) is 5. The van der Waals surface area contributed by atoms with E-state index in [1.807, 2.05) is 28.9 Å². The van der Waals surface area contributed by atoms with Crippen molar-refractivity contribution in [3.8, 4) is 0 Å². The van der Waals surface area contributed by atoms with E-state index in [4.69, 9.17) is 4.98 Å². The van der Waals surface area contributed by atoms with Crippen LogP contribution in [0.5, 0.6) is 0 Å². The molecule has 2 heterocycles. The monoisotopic (exact) mass is 384 g/mol. The van der Waals surface area contributed by atoms with E-state index in [1.165, 1.54) is 42.8 Å². The van der Waals surface area contributed by atoms with Gasteiger partial charge in [-0.1, -0.05) is 99.0 Å². The Morgan fingerprint density at radius 3 is 2.43 bits per heavy atom. The molecule has 28 heavy (non-hydrogen) atoms. The Balaban J connectivity index is 0.00000225. The van der Waals surface area contributed by atoms with Gasteiger partial charge in [0.2, 0.25) is 0 Å².